The van der Waals surface area contributed by atoms with Gasteiger partial charge in [0, 0.05) is 55.7 Å². The van der Waals surface area contributed by atoms with E-state index in [0.717, 1.165) is 117 Å². The molecule has 0 unspecified atom stereocenters. The number of anilines is 6. The molecule has 0 fully saturated rings. The molecule has 2 aromatic heterocycles. The van der Waals surface area contributed by atoms with Crippen LogP contribution < -0.4 is 9.80 Å². The largest absolute Gasteiger partial charge is 0.456 e. The van der Waals surface area contributed by atoms with Crippen molar-refractivity contribution in [2.24, 2.45) is 0 Å². The maximum atomic E-state index is 13.6. The van der Waals surface area contributed by atoms with Crippen molar-refractivity contribution in [2.75, 3.05) is 9.80 Å². The molecule has 0 radical (unpaired) electrons. The summed E-state index contributed by atoms with van der Waals surface area (Å²) in [7, 11) is 0. The molecule has 0 aliphatic heterocycles. The van der Waals surface area contributed by atoms with Crippen molar-refractivity contribution in [1.29, 1.82) is 0 Å². The quantitative estimate of drug-likeness (QED) is 0.167. The van der Waals surface area contributed by atoms with Crippen molar-refractivity contribution < 1.29 is 22.0 Å². The number of halogens is 3. The van der Waals surface area contributed by atoms with Gasteiger partial charge in [0.1, 0.15) is 22.3 Å². The number of rotatable bonds is 6. The average Bonchev–Trinajstić information content (AvgIpc) is 3.83. The van der Waals surface area contributed by atoms with E-state index in [1.165, 1.54) is 39.9 Å². The van der Waals surface area contributed by atoms with E-state index in [1.807, 2.05) is 23.1 Å². The van der Waals surface area contributed by atoms with Crippen molar-refractivity contribution in [2.45, 2.75) is 54.6 Å². The van der Waals surface area contributed by atoms with Gasteiger partial charge in [-0.3, -0.25) is 0 Å². The van der Waals surface area contributed by atoms with Crippen LogP contribution in [0, 0.1) is 48.5 Å². The normalized spacial score (nSPS) is 12.2. The van der Waals surface area contributed by atoms with Crippen LogP contribution in [0.4, 0.5) is 47.3 Å². The fourth-order valence-corrected chi connectivity index (χ4v) is 9.54. The molecule has 320 valence electrons. The molecule has 0 amide bonds. The molecule has 0 saturated carbocycles. The van der Waals surface area contributed by atoms with Gasteiger partial charge in [-0.1, -0.05) is 29.8 Å². The first-order valence-electron chi connectivity index (χ1n) is 21.9. The Hall–Kier alpha value is -7.51. The molecular formula is C58H45F3N2O2. The number of hydrogen-bond donors (Lipinski definition) is 0. The molecule has 0 bridgehead atoms. The molecule has 9 aromatic carbocycles. The minimum atomic E-state index is -4.43. The second kappa shape index (κ2) is 14.8. The third kappa shape index (κ3) is 6.76. The van der Waals surface area contributed by atoms with Crippen molar-refractivity contribution in [3.63, 3.8) is 0 Å². The Balaban J connectivity index is 1.03. The summed E-state index contributed by atoms with van der Waals surface area (Å²) in [5.74, 6) is 0. The number of fused-ring (bicyclic) bond motifs is 9. The first-order chi connectivity index (χ1) is 31.2. The summed E-state index contributed by atoms with van der Waals surface area (Å²) in [5.41, 5.74) is 16.4. The van der Waals surface area contributed by atoms with Crippen LogP contribution >= 0.6 is 0 Å². The van der Waals surface area contributed by atoms with E-state index in [-0.39, 0.29) is 0 Å². The molecule has 0 atom stereocenters. The number of nitrogens with zero attached hydrogens (tertiary/aromatic N) is 2. The van der Waals surface area contributed by atoms with E-state index in [2.05, 4.69) is 156 Å². The number of furan rings is 2. The number of benzene rings is 9. The fraction of sp³-hybridized carbons (Fsp3) is 0.138. The molecule has 2 heterocycles. The molecule has 0 aliphatic rings. The van der Waals surface area contributed by atoms with Crippen LogP contribution in [0.15, 0.2) is 154 Å². The highest BCUT2D eigenvalue weighted by Gasteiger charge is 2.30. The van der Waals surface area contributed by atoms with Crippen LogP contribution in [0.25, 0.3) is 65.4 Å². The smallest absolute Gasteiger partial charge is 0.416 e. The highest BCUT2D eigenvalue weighted by Crippen LogP contribution is 2.45. The van der Waals surface area contributed by atoms with Crippen molar-refractivity contribution in [1.82, 2.24) is 0 Å². The van der Waals surface area contributed by atoms with E-state index >= 15 is 0 Å². The first-order valence-corrected chi connectivity index (χ1v) is 21.9. The van der Waals surface area contributed by atoms with Gasteiger partial charge in [0.15, 0.2) is 0 Å². The third-order valence-electron chi connectivity index (χ3n) is 13.6. The third-order valence-corrected chi connectivity index (χ3v) is 13.6. The van der Waals surface area contributed by atoms with Crippen LogP contribution in [0.5, 0.6) is 0 Å². The molecule has 11 rings (SSSR count). The molecule has 0 aliphatic carbocycles. The molecule has 0 spiro atoms. The molecule has 7 heteroatoms. The van der Waals surface area contributed by atoms with E-state index in [1.54, 1.807) is 0 Å². The van der Waals surface area contributed by atoms with Crippen LogP contribution in [0.1, 0.15) is 44.5 Å². The second-order valence-corrected chi connectivity index (χ2v) is 17.7. The molecule has 0 N–H and O–H groups in total. The minimum absolute atomic E-state index is 0.628. The molecule has 65 heavy (non-hydrogen) atoms. The summed E-state index contributed by atoms with van der Waals surface area (Å²) in [6.45, 7) is 14.8. The second-order valence-electron chi connectivity index (χ2n) is 17.7. The van der Waals surface area contributed by atoms with Gasteiger partial charge in [0.25, 0.3) is 0 Å². The summed E-state index contributed by atoms with van der Waals surface area (Å²) in [6.07, 6.45) is -4.43. The van der Waals surface area contributed by atoms with Crippen molar-refractivity contribution in [3.8, 4) is 0 Å². The molecular weight excluding hydrogens is 814 g/mol. The summed E-state index contributed by atoms with van der Waals surface area (Å²) < 4.78 is 54.2. The monoisotopic (exact) mass is 858 g/mol. The highest BCUT2D eigenvalue weighted by molar-refractivity contribution is 6.28. The predicted octanol–water partition coefficient (Wildman–Crippen LogP) is 17.9. The Bertz CT molecular complexity index is 3680. The fourth-order valence-electron chi connectivity index (χ4n) is 9.54. The zero-order chi connectivity index (χ0) is 45.1. The average molecular weight is 859 g/mol. The Kier molecular flexibility index (Phi) is 9.16. The molecule has 0 saturated heterocycles. The lowest BCUT2D eigenvalue weighted by Crippen LogP contribution is -2.12. The zero-order valence-electron chi connectivity index (χ0n) is 37.2. The Labute approximate surface area is 374 Å². The van der Waals surface area contributed by atoms with Gasteiger partial charge in [0.05, 0.1) is 5.56 Å². The first kappa shape index (κ1) is 40.3. The van der Waals surface area contributed by atoms with Gasteiger partial charge in [-0.05, 0) is 225 Å². The van der Waals surface area contributed by atoms with Crippen molar-refractivity contribution in [3.05, 3.63) is 190 Å². The SMILES string of the molecule is Cc1ccc(N(c2cc(C)c(C)c(C)c2)c2ccc3cc4c(cc3c2)oc2ccc3oc5cc6cc(N(c7ccc(C(F)(F)F)cc7)c7cc(C)c(C)c(C)c7)ccc6cc5c3c24)cc1. The van der Waals surface area contributed by atoms with Gasteiger partial charge in [0.2, 0.25) is 0 Å². The molecule has 11 aromatic rings. The lowest BCUT2D eigenvalue weighted by molar-refractivity contribution is -0.137. The standard InChI is InChI=1S/C58H45F3N2O2/c1-32-8-14-44(15-9-32)62(48-22-33(2)37(6)34(3)23-48)46-16-10-39-28-50-54(30-41(39)26-46)64-52-20-21-53-57(56(50)52)51-29-40-11-17-47(27-42(40)31-55(51)65-53)63(49-24-35(4)38(7)36(5)25-49)45-18-12-43(13-19-45)58(59,60)61/h8-31H,1-7H3. The summed E-state index contributed by atoms with van der Waals surface area (Å²) in [6, 6.07) is 48.1. The zero-order valence-corrected chi connectivity index (χ0v) is 37.2. The highest BCUT2D eigenvalue weighted by atomic mass is 19.4. The topological polar surface area (TPSA) is 32.8 Å². The van der Waals surface area contributed by atoms with Gasteiger partial charge in [-0.15, -0.1) is 0 Å². The van der Waals surface area contributed by atoms with E-state index in [0.29, 0.717) is 5.69 Å². The van der Waals surface area contributed by atoms with E-state index in [4.69, 9.17) is 8.83 Å². The predicted molar refractivity (Wildman–Crippen MR) is 264 cm³/mol. The van der Waals surface area contributed by atoms with Gasteiger partial charge >= 0.3 is 6.18 Å². The van der Waals surface area contributed by atoms with Crippen LogP contribution in [0.2, 0.25) is 0 Å². The summed E-state index contributed by atoms with van der Waals surface area (Å²) >= 11 is 0. The lowest BCUT2D eigenvalue weighted by Gasteiger charge is -2.27. The maximum absolute atomic E-state index is 13.6. The van der Waals surface area contributed by atoms with E-state index < -0.39 is 11.7 Å². The van der Waals surface area contributed by atoms with Crippen LogP contribution in [0.3, 0.4) is 0 Å². The maximum Gasteiger partial charge on any atom is 0.416 e. The van der Waals surface area contributed by atoms with Gasteiger partial charge in [-0.2, -0.15) is 13.2 Å². The van der Waals surface area contributed by atoms with Crippen LogP contribution in [-0.2, 0) is 6.18 Å². The van der Waals surface area contributed by atoms with Gasteiger partial charge in [-0.25, -0.2) is 0 Å². The minimum Gasteiger partial charge on any atom is -0.456 e. The Morgan fingerprint density at radius 2 is 0.738 bits per heavy atom. The number of aryl methyl sites for hydroxylation is 5. The number of alkyl halides is 3. The Morgan fingerprint density at radius 3 is 1.14 bits per heavy atom. The summed E-state index contributed by atoms with van der Waals surface area (Å²) in [5, 5.41) is 8.11. The Morgan fingerprint density at radius 1 is 0.354 bits per heavy atom. The van der Waals surface area contributed by atoms with E-state index in [9.17, 15) is 13.2 Å². The number of hydrogen-bond acceptors (Lipinski definition) is 4. The van der Waals surface area contributed by atoms with Crippen molar-refractivity contribution >= 4 is 99.5 Å². The lowest BCUT2D eigenvalue weighted by atomic mass is 9.99. The van der Waals surface area contributed by atoms with Gasteiger partial charge < -0.3 is 18.6 Å². The van der Waals surface area contributed by atoms with Crippen LogP contribution in [-0.4, -0.2) is 0 Å². The molecule has 4 nitrogen and oxygen atoms in total. The summed E-state index contributed by atoms with van der Waals surface area (Å²) in [4.78, 5) is 4.34.